The molecular formula is C23H28F2N3O4S+. The first-order valence-electron chi connectivity index (χ1n) is 10.9. The van der Waals surface area contributed by atoms with Crippen molar-refractivity contribution < 1.29 is 21.9 Å². The summed E-state index contributed by atoms with van der Waals surface area (Å²) in [7, 11) is -4.08. The lowest BCUT2D eigenvalue weighted by Gasteiger charge is -2.25. The average molecular weight is 481 g/mol. The molecule has 0 aliphatic carbocycles. The molecule has 0 bridgehead atoms. The van der Waals surface area contributed by atoms with E-state index in [0.717, 1.165) is 62.3 Å². The summed E-state index contributed by atoms with van der Waals surface area (Å²) < 4.78 is 58.8. The maximum absolute atomic E-state index is 13.1. The predicted octanol–water partition coefficient (Wildman–Crippen LogP) is 3.66. The molecule has 3 aromatic rings. The molecule has 1 aliphatic heterocycles. The van der Waals surface area contributed by atoms with Gasteiger partial charge in [-0.2, -0.15) is 8.78 Å². The molecule has 4 rings (SSSR count). The van der Waals surface area contributed by atoms with Gasteiger partial charge in [-0.15, -0.1) is 0 Å². The second kappa shape index (κ2) is 8.64. The van der Waals surface area contributed by atoms with E-state index in [1.54, 1.807) is 6.07 Å². The van der Waals surface area contributed by atoms with Crippen molar-refractivity contribution in [2.24, 2.45) is 5.92 Å². The van der Waals surface area contributed by atoms with Gasteiger partial charge < -0.3 is 9.30 Å². The number of benzene rings is 1. The number of halogens is 2. The highest BCUT2D eigenvalue weighted by Crippen LogP contribution is 2.31. The quantitative estimate of drug-likeness (QED) is 0.522. The predicted molar refractivity (Wildman–Crippen MR) is 121 cm³/mol. The van der Waals surface area contributed by atoms with Crippen LogP contribution in [0.1, 0.15) is 46.0 Å². The van der Waals surface area contributed by atoms with Gasteiger partial charge in [0.1, 0.15) is 19.0 Å². The van der Waals surface area contributed by atoms with Crippen molar-refractivity contribution in [3.05, 3.63) is 52.7 Å². The molecule has 0 unspecified atom stereocenters. The number of pyridine rings is 1. The van der Waals surface area contributed by atoms with E-state index in [9.17, 15) is 22.0 Å². The standard InChI is InChI=1S/C23H27F2N3O4S/c1-23(2,3)21-26-18-12-16(4-5-19(18)28(21)14-15-7-10-32-11-8-15)33(30,31)17-6-9-27(22(24)25)20(29)13-17/h4-6,9,12-13,15,22H,7-8,10-11,14H2,1-3H3/p+1. The van der Waals surface area contributed by atoms with Crippen LogP contribution in [0.4, 0.5) is 8.78 Å². The number of aromatic nitrogens is 3. The van der Waals surface area contributed by atoms with Gasteiger partial charge in [-0.3, -0.25) is 9.36 Å². The van der Waals surface area contributed by atoms with Crippen LogP contribution in [-0.4, -0.2) is 40.5 Å². The third kappa shape index (κ3) is 4.59. The summed E-state index contributed by atoms with van der Waals surface area (Å²) in [5, 5.41) is 0. The van der Waals surface area contributed by atoms with Gasteiger partial charge in [-0.05, 0) is 30.2 Å². The molecule has 3 heterocycles. The van der Waals surface area contributed by atoms with Crippen LogP contribution in [-0.2, 0) is 21.8 Å². The molecule has 1 aliphatic rings. The van der Waals surface area contributed by atoms with Crippen LogP contribution in [0.3, 0.4) is 0 Å². The SMILES string of the molecule is CC(C)(C)c1nc2cc(S(=O)(=O)c3ccn(C(F)F)c(=O)c3)ccc2n1CC1CC[OH+]CC1. The Hall–Kier alpha value is -2.59. The van der Waals surface area contributed by atoms with Crippen LogP contribution in [0.25, 0.3) is 11.0 Å². The first-order valence-corrected chi connectivity index (χ1v) is 12.4. The van der Waals surface area contributed by atoms with Crippen molar-refractivity contribution in [2.75, 3.05) is 13.2 Å². The zero-order valence-corrected chi connectivity index (χ0v) is 19.6. The maximum atomic E-state index is 13.1. The lowest BCUT2D eigenvalue weighted by atomic mass is 9.94. The minimum absolute atomic E-state index is 0.0363. The number of hydrogen-bond donors (Lipinski definition) is 0. The number of rotatable bonds is 5. The lowest BCUT2D eigenvalue weighted by molar-refractivity contribution is -0.0810. The molecule has 0 spiro atoms. The van der Waals surface area contributed by atoms with Gasteiger partial charge >= 0.3 is 6.55 Å². The number of alkyl halides is 2. The molecule has 1 saturated heterocycles. The highest BCUT2D eigenvalue weighted by atomic mass is 32.2. The molecule has 0 saturated carbocycles. The van der Waals surface area contributed by atoms with Crippen LogP contribution >= 0.6 is 0 Å². The number of imidazole rings is 1. The minimum atomic E-state index is -4.08. The molecule has 0 atom stereocenters. The molecular weight excluding hydrogens is 452 g/mol. The fourth-order valence-electron chi connectivity index (χ4n) is 4.21. The Balaban J connectivity index is 1.78. The van der Waals surface area contributed by atoms with E-state index in [2.05, 4.69) is 30.1 Å². The van der Waals surface area contributed by atoms with E-state index in [-0.39, 0.29) is 19.8 Å². The van der Waals surface area contributed by atoms with E-state index in [4.69, 9.17) is 4.98 Å². The molecule has 0 radical (unpaired) electrons. The van der Waals surface area contributed by atoms with Crippen LogP contribution in [0, 0.1) is 5.92 Å². The topological polar surface area (TPSA) is 86.8 Å². The maximum Gasteiger partial charge on any atom is 0.321 e. The molecule has 1 aromatic carbocycles. The first-order chi connectivity index (χ1) is 15.5. The van der Waals surface area contributed by atoms with E-state index >= 15 is 0 Å². The van der Waals surface area contributed by atoms with Crippen molar-refractivity contribution in [3.63, 3.8) is 0 Å². The smallest absolute Gasteiger partial charge is 0.321 e. The molecule has 33 heavy (non-hydrogen) atoms. The van der Waals surface area contributed by atoms with Crippen molar-refractivity contribution in [1.82, 2.24) is 14.1 Å². The number of hydrogen-bond acceptors (Lipinski definition) is 4. The normalized spacial score (nSPS) is 16.1. The summed E-state index contributed by atoms with van der Waals surface area (Å²) in [6, 6.07) is 6.44. The Kier molecular flexibility index (Phi) is 6.17. The summed E-state index contributed by atoms with van der Waals surface area (Å²) in [5.41, 5.74) is 0.0549. The van der Waals surface area contributed by atoms with Gasteiger partial charge in [-0.1, -0.05) is 20.8 Å². The van der Waals surface area contributed by atoms with Crippen molar-refractivity contribution >= 4 is 20.9 Å². The Labute approximate surface area is 190 Å². The van der Waals surface area contributed by atoms with Crippen LogP contribution < -0.4 is 5.56 Å². The Morgan fingerprint density at radius 1 is 1.12 bits per heavy atom. The van der Waals surface area contributed by atoms with Crippen molar-refractivity contribution in [2.45, 2.75) is 61.9 Å². The van der Waals surface area contributed by atoms with E-state index in [1.165, 1.54) is 12.1 Å². The third-order valence-corrected chi connectivity index (χ3v) is 7.72. The van der Waals surface area contributed by atoms with Gasteiger partial charge in [0.2, 0.25) is 9.84 Å². The largest absolute Gasteiger partial charge is 0.434 e. The molecule has 178 valence electrons. The molecule has 1 N–H and O–H groups in total. The number of nitrogens with zero attached hydrogens (tertiary/aromatic N) is 3. The van der Waals surface area contributed by atoms with Gasteiger partial charge in [0, 0.05) is 37.1 Å². The van der Waals surface area contributed by atoms with E-state index in [1.807, 2.05) is 0 Å². The van der Waals surface area contributed by atoms with Crippen molar-refractivity contribution in [3.8, 4) is 0 Å². The average Bonchev–Trinajstić information content (AvgIpc) is 3.12. The van der Waals surface area contributed by atoms with Gasteiger partial charge in [0.25, 0.3) is 5.56 Å². The zero-order chi connectivity index (χ0) is 24.0. The first kappa shape index (κ1) is 23.6. The summed E-state index contributed by atoms with van der Waals surface area (Å²) in [6.45, 7) is 5.66. The number of sulfone groups is 1. The fraction of sp³-hybridized carbons (Fsp3) is 0.478. The molecule has 1 fully saturated rings. The number of aliphatic hydroxyl groups is 2. The summed E-state index contributed by atoms with van der Waals surface area (Å²) in [5.74, 6) is 1.35. The zero-order valence-electron chi connectivity index (χ0n) is 18.8. The lowest BCUT2D eigenvalue weighted by Crippen LogP contribution is -2.26. The number of fused-ring (bicyclic) bond motifs is 1. The van der Waals surface area contributed by atoms with Gasteiger partial charge in [0.05, 0.1) is 20.8 Å². The molecule has 7 nitrogen and oxygen atoms in total. The second-order valence-corrected chi connectivity index (χ2v) is 11.4. The third-order valence-electron chi connectivity index (χ3n) is 5.97. The summed E-state index contributed by atoms with van der Waals surface area (Å²) in [6.07, 6.45) is 2.82. The molecule has 0 amide bonds. The highest BCUT2D eigenvalue weighted by molar-refractivity contribution is 7.91. The molecule has 2 aromatic heterocycles. The fourth-order valence-corrected chi connectivity index (χ4v) is 5.50. The summed E-state index contributed by atoms with van der Waals surface area (Å²) >= 11 is 0. The second-order valence-electron chi connectivity index (χ2n) is 9.45. The summed E-state index contributed by atoms with van der Waals surface area (Å²) in [4.78, 5) is 16.3. The Morgan fingerprint density at radius 3 is 2.39 bits per heavy atom. The van der Waals surface area contributed by atoms with E-state index < -0.39 is 21.9 Å². The van der Waals surface area contributed by atoms with Gasteiger partial charge in [-0.25, -0.2) is 13.4 Å². The van der Waals surface area contributed by atoms with Crippen LogP contribution in [0.15, 0.2) is 51.1 Å². The Bertz CT molecular complexity index is 1330. The van der Waals surface area contributed by atoms with Crippen LogP contribution in [0.2, 0.25) is 0 Å². The van der Waals surface area contributed by atoms with Crippen molar-refractivity contribution in [1.29, 1.82) is 0 Å². The highest BCUT2D eigenvalue weighted by Gasteiger charge is 2.27. The van der Waals surface area contributed by atoms with Crippen LogP contribution in [0.5, 0.6) is 0 Å². The van der Waals surface area contributed by atoms with E-state index in [0.29, 0.717) is 11.4 Å². The monoisotopic (exact) mass is 480 g/mol. The minimum Gasteiger partial charge on any atom is -0.434 e. The number of ether oxygens (including phenoxy) is 1. The Morgan fingerprint density at radius 2 is 1.79 bits per heavy atom. The molecule has 10 heteroatoms. The van der Waals surface area contributed by atoms with Gasteiger partial charge in [0.15, 0.2) is 0 Å².